The highest BCUT2D eigenvalue weighted by Gasteiger charge is 2.19. The van der Waals surface area contributed by atoms with Crippen LogP contribution < -0.4 is 0 Å². The maximum absolute atomic E-state index is 14.0. The number of halogens is 1. The van der Waals surface area contributed by atoms with Crippen LogP contribution in [-0.2, 0) is 13.0 Å². The number of hydrogen-bond donors (Lipinski definition) is 0. The van der Waals surface area contributed by atoms with Gasteiger partial charge in [-0.1, -0.05) is 48.5 Å². The van der Waals surface area contributed by atoms with Gasteiger partial charge < -0.3 is 4.90 Å². The first kappa shape index (κ1) is 16.4. The largest absolute Gasteiger partial charge is 0.333 e. The fourth-order valence-corrected chi connectivity index (χ4v) is 3.28. The van der Waals surface area contributed by atoms with Crippen LogP contribution in [0.4, 0.5) is 4.39 Å². The third kappa shape index (κ3) is 4.09. The van der Waals surface area contributed by atoms with Crippen LogP contribution in [0.25, 0.3) is 0 Å². The Morgan fingerprint density at radius 3 is 2.42 bits per heavy atom. The second-order valence-corrected chi connectivity index (χ2v) is 6.55. The van der Waals surface area contributed by atoms with E-state index in [0.717, 1.165) is 16.9 Å². The van der Waals surface area contributed by atoms with Crippen molar-refractivity contribution in [3.8, 4) is 0 Å². The predicted octanol–water partition coefficient (Wildman–Crippen LogP) is 4.77. The molecule has 3 rings (SSSR count). The molecular weight excluding hydrogens is 321 g/mol. The monoisotopic (exact) mass is 339 g/mol. The van der Waals surface area contributed by atoms with Gasteiger partial charge in [-0.3, -0.25) is 4.79 Å². The van der Waals surface area contributed by atoms with Crippen LogP contribution in [0, 0.1) is 5.82 Å². The number of carbonyl (C=O) groups excluding carboxylic acids is 1. The van der Waals surface area contributed by atoms with Crippen molar-refractivity contribution >= 4 is 17.2 Å². The lowest BCUT2D eigenvalue weighted by atomic mass is 10.1. The van der Waals surface area contributed by atoms with Crippen molar-refractivity contribution < 1.29 is 9.18 Å². The minimum absolute atomic E-state index is 0.127. The van der Waals surface area contributed by atoms with Gasteiger partial charge in [-0.05, 0) is 35.6 Å². The molecule has 1 amide bonds. The smallest absolute Gasteiger partial charge is 0.257 e. The van der Waals surface area contributed by atoms with E-state index in [-0.39, 0.29) is 11.5 Å². The third-order valence-corrected chi connectivity index (χ3v) is 4.69. The van der Waals surface area contributed by atoms with E-state index in [9.17, 15) is 9.18 Å². The van der Waals surface area contributed by atoms with Crippen molar-refractivity contribution in [2.45, 2.75) is 13.0 Å². The molecule has 1 aromatic heterocycles. The molecule has 0 unspecified atom stereocenters. The quantitative estimate of drug-likeness (QED) is 0.633. The van der Waals surface area contributed by atoms with Crippen molar-refractivity contribution in [2.75, 3.05) is 6.54 Å². The molecule has 0 spiro atoms. The van der Waals surface area contributed by atoms with Crippen molar-refractivity contribution in [3.63, 3.8) is 0 Å². The molecule has 0 aliphatic carbocycles. The lowest BCUT2D eigenvalue weighted by molar-refractivity contribution is 0.0742. The molecule has 0 radical (unpaired) electrons. The van der Waals surface area contributed by atoms with E-state index in [1.165, 1.54) is 6.07 Å². The molecule has 0 saturated carbocycles. The SMILES string of the molecule is O=C(c1ccccc1F)N(CCc1ccccc1)Cc1cccs1. The Labute approximate surface area is 145 Å². The number of thiophene rings is 1. The molecule has 3 aromatic rings. The average Bonchev–Trinajstić information content (AvgIpc) is 3.12. The van der Waals surface area contributed by atoms with Crippen molar-refractivity contribution in [2.24, 2.45) is 0 Å². The highest BCUT2D eigenvalue weighted by molar-refractivity contribution is 7.09. The minimum Gasteiger partial charge on any atom is -0.333 e. The summed E-state index contributed by atoms with van der Waals surface area (Å²) in [6, 6.07) is 20.1. The van der Waals surface area contributed by atoms with Gasteiger partial charge in [0.15, 0.2) is 0 Å². The molecule has 24 heavy (non-hydrogen) atoms. The zero-order valence-corrected chi connectivity index (χ0v) is 14.0. The topological polar surface area (TPSA) is 20.3 Å². The number of benzene rings is 2. The Balaban J connectivity index is 1.79. The van der Waals surface area contributed by atoms with Crippen LogP contribution in [0.3, 0.4) is 0 Å². The van der Waals surface area contributed by atoms with Gasteiger partial charge in [-0.2, -0.15) is 0 Å². The van der Waals surface area contributed by atoms with E-state index in [1.807, 2.05) is 47.8 Å². The zero-order chi connectivity index (χ0) is 16.8. The van der Waals surface area contributed by atoms with Crippen molar-refractivity contribution in [3.05, 3.63) is 93.9 Å². The van der Waals surface area contributed by atoms with Gasteiger partial charge >= 0.3 is 0 Å². The maximum atomic E-state index is 14.0. The van der Waals surface area contributed by atoms with Crippen LogP contribution >= 0.6 is 11.3 Å². The van der Waals surface area contributed by atoms with Crippen LogP contribution in [0.2, 0.25) is 0 Å². The Hall–Kier alpha value is -2.46. The lowest BCUT2D eigenvalue weighted by Gasteiger charge is -2.22. The van der Waals surface area contributed by atoms with Crippen molar-refractivity contribution in [1.82, 2.24) is 4.90 Å². The van der Waals surface area contributed by atoms with Gasteiger partial charge in [0.2, 0.25) is 0 Å². The summed E-state index contributed by atoms with van der Waals surface area (Å²) in [7, 11) is 0. The summed E-state index contributed by atoms with van der Waals surface area (Å²) >= 11 is 1.60. The lowest BCUT2D eigenvalue weighted by Crippen LogP contribution is -2.32. The number of amides is 1. The maximum Gasteiger partial charge on any atom is 0.257 e. The third-order valence-electron chi connectivity index (χ3n) is 3.83. The van der Waals surface area contributed by atoms with Gasteiger partial charge in [-0.15, -0.1) is 11.3 Å². The van der Waals surface area contributed by atoms with E-state index in [2.05, 4.69) is 0 Å². The van der Waals surface area contributed by atoms with Gasteiger partial charge in [-0.25, -0.2) is 4.39 Å². The van der Waals surface area contributed by atoms with Gasteiger partial charge in [0.1, 0.15) is 5.82 Å². The first-order chi connectivity index (χ1) is 11.7. The molecule has 0 aliphatic heterocycles. The normalized spacial score (nSPS) is 10.5. The van der Waals surface area contributed by atoms with Gasteiger partial charge in [0.05, 0.1) is 12.1 Å². The molecule has 2 nitrogen and oxygen atoms in total. The number of rotatable bonds is 6. The number of nitrogens with zero attached hydrogens (tertiary/aromatic N) is 1. The second kappa shape index (κ2) is 7.88. The number of hydrogen-bond acceptors (Lipinski definition) is 2. The fourth-order valence-electron chi connectivity index (χ4n) is 2.56. The van der Waals surface area contributed by atoms with E-state index in [4.69, 9.17) is 0 Å². The Bertz CT molecular complexity index is 786. The van der Waals surface area contributed by atoms with Gasteiger partial charge in [0.25, 0.3) is 5.91 Å². The van der Waals surface area contributed by atoms with Crippen LogP contribution in [-0.4, -0.2) is 17.4 Å². The molecule has 0 saturated heterocycles. The first-order valence-corrected chi connectivity index (χ1v) is 8.72. The summed E-state index contributed by atoms with van der Waals surface area (Å²) in [6.07, 6.45) is 0.742. The van der Waals surface area contributed by atoms with Crippen molar-refractivity contribution in [1.29, 1.82) is 0 Å². The Morgan fingerprint density at radius 1 is 0.958 bits per heavy atom. The van der Waals surface area contributed by atoms with Crippen LogP contribution in [0.15, 0.2) is 72.1 Å². The minimum atomic E-state index is -0.474. The summed E-state index contributed by atoms with van der Waals surface area (Å²) in [4.78, 5) is 15.6. The molecule has 0 atom stereocenters. The molecule has 0 N–H and O–H groups in total. The predicted molar refractivity (Wildman–Crippen MR) is 95.6 cm³/mol. The standard InChI is InChI=1S/C20H18FNOS/c21-19-11-5-4-10-18(19)20(23)22(15-17-9-6-14-24-17)13-12-16-7-2-1-3-8-16/h1-11,14H,12-13,15H2. The molecular formula is C20H18FNOS. The van der Waals surface area contributed by atoms with Crippen LogP contribution in [0.5, 0.6) is 0 Å². The summed E-state index contributed by atoms with van der Waals surface area (Å²) in [5.41, 5.74) is 1.29. The highest BCUT2D eigenvalue weighted by atomic mass is 32.1. The zero-order valence-electron chi connectivity index (χ0n) is 13.2. The summed E-state index contributed by atoms with van der Waals surface area (Å²) in [5.74, 6) is -0.740. The van der Waals surface area contributed by atoms with E-state index in [1.54, 1.807) is 34.4 Å². The van der Waals surface area contributed by atoms with Gasteiger partial charge in [0, 0.05) is 11.4 Å². The van der Waals surface area contributed by atoms with E-state index in [0.29, 0.717) is 13.1 Å². The highest BCUT2D eigenvalue weighted by Crippen LogP contribution is 2.17. The molecule has 2 aromatic carbocycles. The summed E-state index contributed by atoms with van der Waals surface area (Å²) < 4.78 is 14.0. The molecule has 4 heteroatoms. The fraction of sp³-hybridized carbons (Fsp3) is 0.150. The van der Waals surface area contributed by atoms with Crippen LogP contribution in [0.1, 0.15) is 20.8 Å². The molecule has 0 fully saturated rings. The molecule has 0 bridgehead atoms. The van der Waals surface area contributed by atoms with E-state index < -0.39 is 5.82 Å². The van der Waals surface area contributed by atoms with E-state index >= 15 is 0 Å². The Kier molecular flexibility index (Phi) is 5.39. The second-order valence-electron chi connectivity index (χ2n) is 5.52. The average molecular weight is 339 g/mol. The molecule has 122 valence electrons. The number of carbonyl (C=O) groups is 1. The molecule has 0 aliphatic rings. The summed E-state index contributed by atoms with van der Waals surface area (Å²) in [6.45, 7) is 1.05. The summed E-state index contributed by atoms with van der Waals surface area (Å²) in [5, 5.41) is 1.98. The molecule has 1 heterocycles. The Morgan fingerprint density at radius 2 is 1.71 bits per heavy atom. The first-order valence-electron chi connectivity index (χ1n) is 7.84.